The van der Waals surface area contributed by atoms with Crippen molar-refractivity contribution in [2.24, 2.45) is 0 Å². The second-order valence-corrected chi connectivity index (χ2v) is 7.41. The van der Waals surface area contributed by atoms with E-state index in [0.717, 1.165) is 0 Å². The van der Waals surface area contributed by atoms with Crippen molar-refractivity contribution in [1.29, 1.82) is 0 Å². The largest absolute Gasteiger partial charge is 0.494 e. The van der Waals surface area contributed by atoms with Gasteiger partial charge in [0.15, 0.2) is 0 Å². The van der Waals surface area contributed by atoms with E-state index in [1.165, 1.54) is 0 Å². The normalized spacial score (nSPS) is 11.4. The number of amides is 1. The second kappa shape index (κ2) is 13.6. The van der Waals surface area contributed by atoms with Gasteiger partial charge in [-0.3, -0.25) is 19.4 Å². The first kappa shape index (κ1) is 27.2. The molecule has 0 radical (unpaired) electrons. The minimum atomic E-state index is -0.985. The third-order valence-corrected chi connectivity index (χ3v) is 4.84. The lowest BCUT2D eigenvalue weighted by Crippen LogP contribution is -2.42. The predicted octanol–water partition coefficient (Wildman–Crippen LogP) is 0.951. The number of H-pyrrole nitrogens is 1. The summed E-state index contributed by atoms with van der Waals surface area (Å²) in [6, 6.07) is 5.33. The second-order valence-electron chi connectivity index (χ2n) is 7.41. The maximum atomic E-state index is 12.6. The Morgan fingerprint density at radius 1 is 1.09 bits per heavy atom. The molecule has 0 saturated heterocycles. The van der Waals surface area contributed by atoms with Crippen LogP contribution in [-0.2, 0) is 25.5 Å². The number of aromatic nitrogens is 2. The molecule has 1 aromatic heterocycles. The highest BCUT2D eigenvalue weighted by molar-refractivity contribution is 5.97. The van der Waals surface area contributed by atoms with Gasteiger partial charge in [-0.05, 0) is 57.4 Å². The lowest BCUT2D eigenvalue weighted by molar-refractivity contribution is -0.146. The number of nitrogen functional groups attached to an aromatic ring is 2. The summed E-state index contributed by atoms with van der Waals surface area (Å²) in [7, 11) is 0. The van der Waals surface area contributed by atoms with Gasteiger partial charge >= 0.3 is 11.9 Å². The highest BCUT2D eigenvalue weighted by Crippen LogP contribution is 2.14. The number of carbonyl (C=O) groups is 3. The van der Waals surface area contributed by atoms with Gasteiger partial charge in [0.25, 0.3) is 11.5 Å². The average molecular weight is 490 g/mol. The van der Waals surface area contributed by atoms with Crippen LogP contribution in [0.2, 0.25) is 0 Å². The molecule has 0 bridgehead atoms. The molecular formula is C23H31N5O7. The van der Waals surface area contributed by atoms with Crippen molar-refractivity contribution >= 4 is 29.6 Å². The van der Waals surface area contributed by atoms with Crippen LogP contribution in [0.25, 0.3) is 0 Å². The van der Waals surface area contributed by atoms with E-state index in [-0.39, 0.29) is 43.4 Å². The van der Waals surface area contributed by atoms with E-state index in [4.69, 9.17) is 25.7 Å². The summed E-state index contributed by atoms with van der Waals surface area (Å²) < 4.78 is 15.5. The number of nitrogens with one attached hydrogen (secondary N) is 2. The number of benzene rings is 1. The van der Waals surface area contributed by atoms with Crippen LogP contribution < -0.4 is 27.1 Å². The number of ether oxygens (including phenoxy) is 3. The van der Waals surface area contributed by atoms with Gasteiger partial charge in [0.2, 0.25) is 5.95 Å². The maximum absolute atomic E-state index is 12.6. The number of carbonyl (C=O) groups excluding carboxylic acids is 3. The first-order chi connectivity index (χ1) is 16.7. The van der Waals surface area contributed by atoms with E-state index in [1.807, 2.05) is 0 Å². The van der Waals surface area contributed by atoms with E-state index < -0.39 is 23.9 Å². The van der Waals surface area contributed by atoms with Crippen molar-refractivity contribution < 1.29 is 28.6 Å². The van der Waals surface area contributed by atoms with E-state index in [2.05, 4.69) is 15.3 Å². The van der Waals surface area contributed by atoms with E-state index >= 15 is 0 Å². The Morgan fingerprint density at radius 2 is 1.77 bits per heavy atom. The van der Waals surface area contributed by atoms with Crippen LogP contribution in [0.4, 0.5) is 11.8 Å². The maximum Gasteiger partial charge on any atom is 0.328 e. The Bertz CT molecular complexity index is 1070. The Kier molecular flexibility index (Phi) is 10.5. The summed E-state index contributed by atoms with van der Waals surface area (Å²) in [5.41, 5.74) is 11.4. The summed E-state index contributed by atoms with van der Waals surface area (Å²) in [4.78, 5) is 54.6. The van der Waals surface area contributed by atoms with Gasteiger partial charge in [0.1, 0.15) is 17.6 Å². The van der Waals surface area contributed by atoms with Crippen LogP contribution in [0.3, 0.4) is 0 Å². The number of aromatic amines is 1. The molecule has 0 unspecified atom stereocenters. The van der Waals surface area contributed by atoms with Crippen molar-refractivity contribution in [3.8, 4) is 5.75 Å². The Morgan fingerprint density at radius 3 is 2.40 bits per heavy atom. The first-order valence-electron chi connectivity index (χ1n) is 11.2. The zero-order chi connectivity index (χ0) is 25.8. The lowest BCUT2D eigenvalue weighted by atomic mass is 10.1. The molecule has 0 aliphatic rings. The smallest absolute Gasteiger partial charge is 0.328 e. The molecule has 2 aromatic rings. The van der Waals surface area contributed by atoms with Crippen LogP contribution in [-0.4, -0.2) is 53.7 Å². The fourth-order valence-corrected chi connectivity index (χ4v) is 3.15. The van der Waals surface area contributed by atoms with E-state index in [0.29, 0.717) is 36.3 Å². The molecule has 12 heteroatoms. The highest BCUT2D eigenvalue weighted by Gasteiger charge is 2.24. The van der Waals surface area contributed by atoms with Crippen molar-refractivity contribution in [2.75, 3.05) is 31.3 Å². The van der Waals surface area contributed by atoms with Crippen molar-refractivity contribution in [2.45, 2.75) is 45.6 Å². The first-order valence-corrected chi connectivity index (χ1v) is 11.2. The zero-order valence-electron chi connectivity index (χ0n) is 19.8. The number of nitrogens with two attached hydrogens (primary N) is 2. The summed E-state index contributed by atoms with van der Waals surface area (Å²) in [6.45, 7) is 4.01. The molecule has 0 fully saturated rings. The number of nitrogens with zero attached hydrogens (tertiary/aromatic N) is 1. The number of hydrogen-bond acceptors (Lipinski definition) is 10. The van der Waals surface area contributed by atoms with Crippen LogP contribution in [0, 0.1) is 0 Å². The van der Waals surface area contributed by atoms with Gasteiger partial charge in [-0.15, -0.1) is 0 Å². The third kappa shape index (κ3) is 8.65. The van der Waals surface area contributed by atoms with Gasteiger partial charge < -0.3 is 31.0 Å². The molecule has 0 aliphatic heterocycles. The van der Waals surface area contributed by atoms with Gasteiger partial charge in [-0.25, -0.2) is 4.79 Å². The molecule has 1 amide bonds. The Hall–Kier alpha value is -4.09. The summed E-state index contributed by atoms with van der Waals surface area (Å²) in [6.07, 6.45) is 0.884. The number of esters is 2. The summed E-state index contributed by atoms with van der Waals surface area (Å²) >= 11 is 0. The molecule has 1 atom stereocenters. The monoisotopic (exact) mass is 489 g/mol. The molecule has 0 spiro atoms. The minimum absolute atomic E-state index is 0.0334. The van der Waals surface area contributed by atoms with Crippen LogP contribution in [0.5, 0.6) is 5.75 Å². The molecule has 35 heavy (non-hydrogen) atoms. The highest BCUT2D eigenvalue weighted by atomic mass is 16.5. The quantitative estimate of drug-likeness (QED) is 0.233. The fraction of sp³-hybridized carbons (Fsp3) is 0.435. The van der Waals surface area contributed by atoms with E-state index in [9.17, 15) is 19.2 Å². The number of anilines is 2. The molecular weight excluding hydrogens is 458 g/mol. The van der Waals surface area contributed by atoms with Gasteiger partial charge in [-0.1, -0.05) is 0 Å². The Labute approximate surface area is 202 Å². The lowest BCUT2D eigenvalue weighted by Gasteiger charge is -2.17. The van der Waals surface area contributed by atoms with E-state index in [1.54, 1.807) is 38.1 Å². The van der Waals surface area contributed by atoms with Crippen molar-refractivity contribution in [3.05, 3.63) is 45.7 Å². The molecule has 190 valence electrons. The fourth-order valence-electron chi connectivity index (χ4n) is 3.15. The van der Waals surface area contributed by atoms with Crippen LogP contribution in [0.1, 0.15) is 49.0 Å². The van der Waals surface area contributed by atoms with Crippen molar-refractivity contribution in [3.63, 3.8) is 0 Å². The molecule has 1 heterocycles. The molecule has 1 aromatic carbocycles. The molecule has 2 rings (SSSR count). The zero-order valence-corrected chi connectivity index (χ0v) is 19.8. The summed E-state index contributed by atoms with van der Waals surface area (Å²) in [5.74, 6) is -1.01. The third-order valence-electron chi connectivity index (χ3n) is 4.84. The minimum Gasteiger partial charge on any atom is -0.494 e. The van der Waals surface area contributed by atoms with Crippen LogP contribution in [0.15, 0.2) is 29.1 Å². The van der Waals surface area contributed by atoms with Gasteiger partial charge in [0, 0.05) is 12.0 Å². The SMILES string of the molecule is CCOC(=O)CC[C@@H](NC(=O)c1ccc(OCCCc2c(N)nc(N)[nH]c2=O)cc1)C(=O)OCC. The number of hydrogen-bond donors (Lipinski definition) is 4. The van der Waals surface area contributed by atoms with Crippen molar-refractivity contribution in [1.82, 2.24) is 15.3 Å². The van der Waals surface area contributed by atoms with Crippen LogP contribution >= 0.6 is 0 Å². The number of rotatable bonds is 13. The van der Waals surface area contributed by atoms with Gasteiger partial charge in [-0.2, -0.15) is 4.98 Å². The Balaban J connectivity index is 1.89. The predicted molar refractivity (Wildman–Crippen MR) is 128 cm³/mol. The standard InChI is InChI=1S/C23H31N5O7/c1-3-33-18(29)12-11-17(22(32)34-4-2)26-20(30)14-7-9-15(10-8-14)35-13-5-6-16-19(24)27-23(25)28-21(16)31/h7-10,17H,3-6,11-13H2,1-2H3,(H,26,30)(H5,24,25,27,28,31)/t17-/m1/s1. The topological polar surface area (TPSA) is 189 Å². The molecule has 12 nitrogen and oxygen atoms in total. The van der Waals surface area contributed by atoms with Gasteiger partial charge in [0.05, 0.1) is 25.4 Å². The summed E-state index contributed by atoms with van der Waals surface area (Å²) in [5, 5.41) is 2.60. The molecule has 0 saturated carbocycles. The average Bonchev–Trinajstić information content (AvgIpc) is 2.81. The molecule has 0 aliphatic carbocycles. The molecule has 6 N–H and O–H groups in total.